The van der Waals surface area contributed by atoms with Crippen LogP contribution in [0.25, 0.3) is 33.3 Å². The van der Waals surface area contributed by atoms with E-state index in [4.69, 9.17) is 4.74 Å². The summed E-state index contributed by atoms with van der Waals surface area (Å²) in [6, 6.07) is 27.3. The normalized spacial score (nSPS) is 10.8. The second-order valence-electron chi connectivity index (χ2n) is 6.98. The molecule has 0 saturated heterocycles. The second kappa shape index (κ2) is 7.68. The molecule has 2 heterocycles. The number of para-hydroxylation sites is 2. The maximum Gasteiger partial charge on any atom is 0.150 e. The summed E-state index contributed by atoms with van der Waals surface area (Å²) in [5.41, 5.74) is 5.34. The van der Waals surface area contributed by atoms with Crippen molar-refractivity contribution in [1.82, 2.24) is 9.97 Å². The highest BCUT2D eigenvalue weighted by molar-refractivity contribution is 5.97. The molecule has 0 saturated carbocycles. The third-order valence-electron chi connectivity index (χ3n) is 5.03. The Morgan fingerprint density at radius 2 is 1.63 bits per heavy atom. The van der Waals surface area contributed by atoms with Crippen LogP contribution in [-0.4, -0.2) is 16.3 Å². The fraction of sp³-hybridized carbons (Fsp3) is 0. The van der Waals surface area contributed by atoms with Crippen molar-refractivity contribution >= 4 is 17.3 Å². The summed E-state index contributed by atoms with van der Waals surface area (Å²) in [6.07, 6.45) is 4.63. The van der Waals surface area contributed by atoms with Gasteiger partial charge in [-0.2, -0.15) is 0 Å². The number of fused-ring (bicyclic) bond motifs is 1. The molecule has 0 radical (unpaired) electrons. The molecule has 5 rings (SSSR count). The van der Waals surface area contributed by atoms with E-state index in [1.165, 1.54) is 0 Å². The summed E-state index contributed by atoms with van der Waals surface area (Å²) in [4.78, 5) is 19.0. The topological polar surface area (TPSA) is 55.0 Å². The van der Waals surface area contributed by atoms with Gasteiger partial charge in [-0.3, -0.25) is 4.79 Å². The largest absolute Gasteiger partial charge is 0.457 e. The Labute approximate surface area is 173 Å². The predicted molar refractivity (Wildman–Crippen MR) is 119 cm³/mol. The van der Waals surface area contributed by atoms with Gasteiger partial charge in [0.15, 0.2) is 0 Å². The monoisotopic (exact) mass is 390 g/mol. The highest BCUT2D eigenvalue weighted by Gasteiger charge is 2.12. The van der Waals surface area contributed by atoms with Gasteiger partial charge in [-0.25, -0.2) is 4.98 Å². The summed E-state index contributed by atoms with van der Waals surface area (Å²) < 4.78 is 6.13. The lowest BCUT2D eigenvalue weighted by Gasteiger charge is -2.11. The summed E-state index contributed by atoms with van der Waals surface area (Å²) >= 11 is 0. The van der Waals surface area contributed by atoms with Gasteiger partial charge in [0.05, 0.1) is 0 Å². The predicted octanol–water partition coefficient (Wildman–Crippen LogP) is 6.50. The lowest BCUT2D eigenvalue weighted by molar-refractivity contribution is 0.112. The zero-order valence-corrected chi connectivity index (χ0v) is 16.1. The fourth-order valence-electron chi connectivity index (χ4n) is 3.58. The van der Waals surface area contributed by atoms with Crippen molar-refractivity contribution in [3.8, 4) is 33.8 Å². The summed E-state index contributed by atoms with van der Waals surface area (Å²) in [5.74, 6) is 1.55. The van der Waals surface area contributed by atoms with E-state index in [9.17, 15) is 4.79 Å². The van der Waals surface area contributed by atoms with Gasteiger partial charge in [-0.05, 0) is 35.9 Å². The Balaban J connectivity index is 1.60. The zero-order chi connectivity index (χ0) is 20.3. The minimum atomic E-state index is 0.646. The highest BCUT2D eigenvalue weighted by Crippen LogP contribution is 2.36. The van der Waals surface area contributed by atoms with Crippen LogP contribution in [-0.2, 0) is 0 Å². The first kappa shape index (κ1) is 17.9. The number of hydrogen-bond acceptors (Lipinski definition) is 3. The van der Waals surface area contributed by atoms with Crippen molar-refractivity contribution in [2.45, 2.75) is 0 Å². The quantitative estimate of drug-likeness (QED) is 0.348. The third kappa shape index (κ3) is 3.35. The number of carbonyl (C=O) groups is 1. The van der Waals surface area contributed by atoms with E-state index in [0.717, 1.165) is 51.1 Å². The molecule has 0 bridgehead atoms. The molecule has 144 valence electrons. The van der Waals surface area contributed by atoms with Gasteiger partial charge in [-0.15, -0.1) is 0 Å². The average Bonchev–Trinajstić information content (AvgIpc) is 3.23. The number of aromatic amines is 1. The molecule has 0 unspecified atom stereocenters. The maximum atomic E-state index is 11.2. The van der Waals surface area contributed by atoms with E-state index in [1.54, 1.807) is 6.07 Å². The smallest absolute Gasteiger partial charge is 0.150 e. The van der Waals surface area contributed by atoms with Crippen molar-refractivity contribution < 1.29 is 9.53 Å². The lowest BCUT2D eigenvalue weighted by Crippen LogP contribution is -1.89. The van der Waals surface area contributed by atoms with Crippen LogP contribution in [0.4, 0.5) is 0 Å². The van der Waals surface area contributed by atoms with Crippen molar-refractivity contribution in [3.05, 3.63) is 103 Å². The number of carbonyl (C=O) groups excluding carboxylic acids is 1. The number of H-pyrrole nitrogens is 1. The number of ether oxygens (including phenoxy) is 1. The first-order valence-corrected chi connectivity index (χ1v) is 9.67. The van der Waals surface area contributed by atoms with Gasteiger partial charge in [0.1, 0.15) is 23.4 Å². The molecule has 4 heteroatoms. The van der Waals surface area contributed by atoms with Gasteiger partial charge in [0, 0.05) is 40.0 Å². The summed E-state index contributed by atoms with van der Waals surface area (Å²) in [5, 5.41) is 0.991. The van der Waals surface area contributed by atoms with E-state index >= 15 is 0 Å². The number of aldehydes is 1. The van der Waals surface area contributed by atoms with E-state index in [1.807, 2.05) is 85.2 Å². The first-order chi connectivity index (χ1) is 14.8. The number of nitrogens with zero attached hydrogens (tertiary/aromatic N) is 1. The van der Waals surface area contributed by atoms with E-state index in [2.05, 4.69) is 16.0 Å². The highest BCUT2D eigenvalue weighted by atomic mass is 16.5. The number of pyridine rings is 1. The standard InChI is InChI=1S/C26H18N2O2/c29-17-18-7-6-8-19(13-18)24-16-28-26-23(24)14-20(15-27-26)22-11-4-5-12-25(22)30-21-9-2-1-3-10-21/h1-17H,(H,27,28). The molecule has 0 aliphatic carbocycles. The van der Waals surface area contributed by atoms with Crippen molar-refractivity contribution in [3.63, 3.8) is 0 Å². The molecule has 30 heavy (non-hydrogen) atoms. The van der Waals surface area contributed by atoms with E-state index in [0.29, 0.717) is 5.56 Å². The molecule has 0 fully saturated rings. The molecule has 4 nitrogen and oxygen atoms in total. The Bertz CT molecular complexity index is 1340. The molecule has 0 spiro atoms. The number of rotatable bonds is 5. The van der Waals surface area contributed by atoms with Crippen molar-refractivity contribution in [2.75, 3.05) is 0 Å². The van der Waals surface area contributed by atoms with E-state index < -0.39 is 0 Å². The summed E-state index contributed by atoms with van der Waals surface area (Å²) in [7, 11) is 0. The summed E-state index contributed by atoms with van der Waals surface area (Å²) in [6.45, 7) is 0. The lowest BCUT2D eigenvalue weighted by atomic mass is 10.0. The van der Waals surface area contributed by atoms with Gasteiger partial charge >= 0.3 is 0 Å². The second-order valence-corrected chi connectivity index (χ2v) is 6.98. The van der Waals surface area contributed by atoms with Gasteiger partial charge < -0.3 is 9.72 Å². The fourth-order valence-corrected chi connectivity index (χ4v) is 3.58. The van der Waals surface area contributed by atoms with Gasteiger partial charge in [0.2, 0.25) is 0 Å². The molecule has 5 aromatic rings. The minimum Gasteiger partial charge on any atom is -0.457 e. The Morgan fingerprint density at radius 3 is 2.50 bits per heavy atom. The van der Waals surface area contributed by atoms with Crippen LogP contribution >= 0.6 is 0 Å². The molecule has 2 aromatic heterocycles. The third-order valence-corrected chi connectivity index (χ3v) is 5.03. The van der Waals surface area contributed by atoms with Crippen LogP contribution in [0.3, 0.4) is 0 Å². The Hall–Kier alpha value is -4.18. The Kier molecular flexibility index (Phi) is 4.58. The van der Waals surface area contributed by atoms with E-state index in [-0.39, 0.29) is 0 Å². The average molecular weight is 390 g/mol. The van der Waals surface area contributed by atoms with Crippen LogP contribution < -0.4 is 4.74 Å². The van der Waals surface area contributed by atoms with Crippen LogP contribution in [0.1, 0.15) is 10.4 Å². The maximum absolute atomic E-state index is 11.2. The number of nitrogens with one attached hydrogen (secondary N) is 1. The molecule has 0 amide bonds. The van der Waals surface area contributed by atoms with Crippen molar-refractivity contribution in [1.29, 1.82) is 0 Å². The van der Waals surface area contributed by atoms with Crippen molar-refractivity contribution in [2.24, 2.45) is 0 Å². The molecular weight excluding hydrogens is 372 g/mol. The molecule has 3 aromatic carbocycles. The Morgan fingerprint density at radius 1 is 0.800 bits per heavy atom. The zero-order valence-electron chi connectivity index (χ0n) is 16.1. The van der Waals surface area contributed by atoms with Crippen LogP contribution in [0.5, 0.6) is 11.5 Å². The number of benzene rings is 3. The van der Waals surface area contributed by atoms with Crippen LogP contribution in [0.2, 0.25) is 0 Å². The number of aromatic nitrogens is 2. The molecule has 0 atom stereocenters. The van der Waals surface area contributed by atoms with Gasteiger partial charge in [-0.1, -0.05) is 54.6 Å². The molecule has 1 N–H and O–H groups in total. The van der Waals surface area contributed by atoms with Crippen LogP contribution in [0, 0.1) is 0 Å². The SMILES string of the molecule is O=Cc1cccc(-c2c[nH]c3ncc(-c4ccccc4Oc4ccccc4)cc23)c1. The number of hydrogen-bond donors (Lipinski definition) is 1. The van der Waals surface area contributed by atoms with Gasteiger partial charge in [0.25, 0.3) is 0 Å². The first-order valence-electron chi connectivity index (χ1n) is 9.67. The van der Waals surface area contributed by atoms with Crippen LogP contribution in [0.15, 0.2) is 97.3 Å². The molecule has 0 aliphatic heterocycles. The minimum absolute atomic E-state index is 0.646. The molecule has 0 aliphatic rings. The molecular formula is C26H18N2O2.